The van der Waals surface area contributed by atoms with Gasteiger partial charge in [0.1, 0.15) is 17.6 Å². The first-order valence-electron chi connectivity index (χ1n) is 13.1. The molecule has 1 aromatic rings. The normalized spacial score (nSPS) is 30.7. The molecule has 2 rings (SSSR count). The topological polar surface area (TPSA) is 163 Å². The highest BCUT2D eigenvalue weighted by Crippen LogP contribution is 2.42. The maximum Gasteiger partial charge on any atom is 0.405 e. The second-order valence-electron chi connectivity index (χ2n) is 10.4. The highest BCUT2D eigenvalue weighted by molar-refractivity contribution is 6.04. The fourth-order valence-electron chi connectivity index (χ4n) is 4.95. The molecule has 6 atom stereocenters. The van der Waals surface area contributed by atoms with Crippen LogP contribution < -0.4 is 16.4 Å². The minimum absolute atomic E-state index is 0.0772. The number of amides is 2. The molecule has 1 heterocycles. The Morgan fingerprint density at radius 1 is 1.18 bits per heavy atom. The standard InChI is InChI=1S/C29H43N3O7/c1-15-11-20-24(31-6)22(33)14-21(26(20)35)32-28(36)17(3)10-8-9-16(2)27(39-29(30)37)19(5)13-18(4)25(34)23(12-15)38-7/h8-10,13-16,18,23,25,27,31,33-35H,11-12H2,1-7H3,(H2,30,37)(H,32,36)/b9-8-,17-10+,19-13+/t15-,16+,18+,23+,25-,27-/m1/s1. The maximum absolute atomic E-state index is 12.9. The SMILES string of the molecule is CNc1c(O)cc2c(O)c1C[C@@H](C)C[C@H](OC)[C@H](O)[C@@H](C)/C=C(\C)[C@H](OC(N)=O)[C@@H](C)/C=C\C=C(/C)C(=O)N2. The summed E-state index contributed by atoms with van der Waals surface area (Å²) in [5, 5.41) is 38.5. The lowest BCUT2D eigenvalue weighted by Crippen LogP contribution is -2.35. The van der Waals surface area contributed by atoms with E-state index in [-0.39, 0.29) is 34.9 Å². The number of rotatable bonds is 3. The molecule has 0 aromatic heterocycles. The van der Waals surface area contributed by atoms with Crippen molar-refractivity contribution in [3.8, 4) is 11.5 Å². The number of ether oxygens (including phenoxy) is 2. The van der Waals surface area contributed by atoms with Gasteiger partial charge in [0, 0.05) is 43.2 Å². The van der Waals surface area contributed by atoms with Crippen molar-refractivity contribution in [2.45, 2.75) is 65.8 Å². The van der Waals surface area contributed by atoms with Gasteiger partial charge in [-0.25, -0.2) is 4.79 Å². The molecule has 0 fully saturated rings. The van der Waals surface area contributed by atoms with Crippen molar-refractivity contribution in [3.63, 3.8) is 0 Å². The van der Waals surface area contributed by atoms with E-state index in [2.05, 4.69) is 10.6 Å². The van der Waals surface area contributed by atoms with Crippen molar-refractivity contribution in [3.05, 3.63) is 47.1 Å². The van der Waals surface area contributed by atoms with E-state index in [0.29, 0.717) is 35.2 Å². The molecule has 0 saturated carbocycles. The number of methoxy groups -OCH3 is 1. The zero-order valence-corrected chi connectivity index (χ0v) is 23.8. The molecule has 0 radical (unpaired) electrons. The van der Waals surface area contributed by atoms with E-state index in [4.69, 9.17) is 15.2 Å². The number of allylic oxidation sites excluding steroid dienone is 2. The average molecular weight is 546 g/mol. The van der Waals surface area contributed by atoms with Crippen LogP contribution in [0, 0.1) is 17.8 Å². The number of carbonyl (C=O) groups excluding carboxylic acids is 2. The molecule has 1 aliphatic heterocycles. The zero-order chi connectivity index (χ0) is 29.4. The van der Waals surface area contributed by atoms with E-state index in [1.54, 1.807) is 32.2 Å². The van der Waals surface area contributed by atoms with Crippen LogP contribution in [0.25, 0.3) is 0 Å². The summed E-state index contributed by atoms with van der Waals surface area (Å²) in [4.78, 5) is 24.5. The number of hydrogen-bond acceptors (Lipinski definition) is 8. The smallest absolute Gasteiger partial charge is 0.405 e. The first-order valence-corrected chi connectivity index (χ1v) is 13.1. The highest BCUT2D eigenvalue weighted by Gasteiger charge is 2.29. The number of nitrogens with one attached hydrogen (secondary N) is 2. The minimum Gasteiger partial charge on any atom is -0.506 e. The van der Waals surface area contributed by atoms with E-state index >= 15 is 0 Å². The fraction of sp³-hybridized carbons (Fsp3) is 0.517. The van der Waals surface area contributed by atoms with Gasteiger partial charge in [0.2, 0.25) is 0 Å². The summed E-state index contributed by atoms with van der Waals surface area (Å²) >= 11 is 0. The Kier molecular flexibility index (Phi) is 11.4. The number of aromatic hydroxyl groups is 2. The number of aliphatic hydroxyl groups is 1. The number of hydrogen-bond donors (Lipinski definition) is 6. The largest absolute Gasteiger partial charge is 0.506 e. The van der Waals surface area contributed by atoms with Gasteiger partial charge in [-0.2, -0.15) is 0 Å². The molecule has 1 aromatic carbocycles. The second-order valence-corrected chi connectivity index (χ2v) is 10.4. The summed E-state index contributed by atoms with van der Waals surface area (Å²) in [6, 6.07) is 1.30. The van der Waals surface area contributed by atoms with E-state index in [1.165, 1.54) is 13.2 Å². The van der Waals surface area contributed by atoms with Gasteiger partial charge in [-0.1, -0.05) is 45.1 Å². The molecule has 39 heavy (non-hydrogen) atoms. The Bertz CT molecular complexity index is 1130. The van der Waals surface area contributed by atoms with Crippen molar-refractivity contribution < 1.29 is 34.4 Å². The Balaban J connectivity index is 2.61. The maximum atomic E-state index is 12.9. The van der Waals surface area contributed by atoms with Crippen LogP contribution >= 0.6 is 0 Å². The van der Waals surface area contributed by atoms with Crippen LogP contribution in [0.3, 0.4) is 0 Å². The number of nitrogens with two attached hydrogens (primary N) is 1. The number of phenolic OH excluding ortho intramolecular Hbond substituents is 2. The van der Waals surface area contributed by atoms with Gasteiger partial charge >= 0.3 is 6.09 Å². The zero-order valence-electron chi connectivity index (χ0n) is 23.8. The summed E-state index contributed by atoms with van der Waals surface area (Å²) in [6.45, 7) is 9.07. The van der Waals surface area contributed by atoms with Crippen LogP contribution in [-0.2, 0) is 20.7 Å². The monoisotopic (exact) mass is 545 g/mol. The van der Waals surface area contributed by atoms with E-state index < -0.39 is 30.3 Å². The van der Waals surface area contributed by atoms with E-state index in [9.17, 15) is 24.9 Å². The number of carbonyl (C=O) groups is 2. The lowest BCUT2D eigenvalue weighted by molar-refractivity contribution is -0.112. The van der Waals surface area contributed by atoms with Crippen molar-refractivity contribution in [1.29, 1.82) is 0 Å². The summed E-state index contributed by atoms with van der Waals surface area (Å²) < 4.78 is 11.1. The van der Waals surface area contributed by atoms with Crippen LogP contribution in [0.1, 0.15) is 46.6 Å². The average Bonchev–Trinajstić information content (AvgIpc) is 2.87. The Morgan fingerprint density at radius 2 is 1.85 bits per heavy atom. The molecular weight excluding hydrogens is 502 g/mol. The predicted molar refractivity (Wildman–Crippen MR) is 152 cm³/mol. The third-order valence-corrected chi connectivity index (χ3v) is 7.10. The van der Waals surface area contributed by atoms with Crippen LogP contribution in [0.5, 0.6) is 11.5 Å². The molecular formula is C29H43N3O7. The summed E-state index contributed by atoms with van der Waals surface area (Å²) in [5.41, 5.74) is 7.27. The quantitative estimate of drug-likeness (QED) is 0.187. The molecule has 2 amide bonds. The van der Waals surface area contributed by atoms with Crippen molar-refractivity contribution in [1.82, 2.24) is 0 Å². The van der Waals surface area contributed by atoms with Gasteiger partial charge in [0.15, 0.2) is 0 Å². The second kappa shape index (κ2) is 14.0. The highest BCUT2D eigenvalue weighted by atomic mass is 16.6. The van der Waals surface area contributed by atoms with Gasteiger partial charge < -0.3 is 41.2 Å². The molecule has 10 nitrogen and oxygen atoms in total. The third kappa shape index (κ3) is 8.24. The molecule has 0 aliphatic carbocycles. The lowest BCUT2D eigenvalue weighted by atomic mass is 9.87. The molecule has 7 N–H and O–H groups in total. The Morgan fingerprint density at radius 3 is 2.44 bits per heavy atom. The summed E-state index contributed by atoms with van der Waals surface area (Å²) in [5.74, 6) is -1.48. The van der Waals surface area contributed by atoms with Gasteiger partial charge in [-0.05, 0) is 38.2 Å². The van der Waals surface area contributed by atoms with Crippen LogP contribution in [0.2, 0.25) is 0 Å². The van der Waals surface area contributed by atoms with Crippen LogP contribution in [0.4, 0.5) is 16.2 Å². The molecule has 2 bridgehead atoms. The lowest BCUT2D eigenvalue weighted by Gasteiger charge is -2.29. The number of fused-ring (bicyclic) bond motifs is 2. The summed E-state index contributed by atoms with van der Waals surface area (Å²) in [6.07, 6.45) is 4.64. The first-order chi connectivity index (χ1) is 18.3. The molecule has 10 heteroatoms. The number of anilines is 2. The number of aliphatic hydroxyl groups excluding tert-OH is 1. The van der Waals surface area contributed by atoms with Gasteiger partial charge in [-0.3, -0.25) is 4.79 Å². The number of primary amides is 1. The Hall–Kier alpha value is -3.50. The van der Waals surface area contributed by atoms with E-state index in [0.717, 1.165) is 0 Å². The van der Waals surface area contributed by atoms with Gasteiger partial charge in [-0.15, -0.1) is 0 Å². The minimum atomic E-state index is -0.917. The third-order valence-electron chi connectivity index (χ3n) is 7.10. The molecule has 1 aliphatic rings. The number of benzene rings is 1. The fourth-order valence-corrected chi connectivity index (χ4v) is 4.95. The molecule has 0 spiro atoms. The molecule has 216 valence electrons. The van der Waals surface area contributed by atoms with Gasteiger partial charge in [0.05, 0.1) is 23.6 Å². The molecule has 0 saturated heterocycles. The Labute approximate surface area is 230 Å². The first kappa shape index (κ1) is 31.7. The van der Waals surface area contributed by atoms with Crippen molar-refractivity contribution >= 4 is 23.4 Å². The van der Waals surface area contributed by atoms with E-state index in [1.807, 2.05) is 33.8 Å². The van der Waals surface area contributed by atoms with Crippen molar-refractivity contribution in [2.24, 2.45) is 23.5 Å². The number of phenols is 2. The predicted octanol–water partition coefficient (Wildman–Crippen LogP) is 4.22. The molecule has 0 unspecified atom stereocenters. The summed E-state index contributed by atoms with van der Waals surface area (Å²) in [7, 11) is 3.16. The van der Waals surface area contributed by atoms with Crippen molar-refractivity contribution in [2.75, 3.05) is 24.8 Å². The van der Waals surface area contributed by atoms with Crippen LogP contribution in [0.15, 0.2) is 41.5 Å². The van der Waals surface area contributed by atoms with Gasteiger partial charge in [0.25, 0.3) is 5.91 Å². The van der Waals surface area contributed by atoms with Crippen LogP contribution in [-0.4, -0.2) is 59.8 Å².